The van der Waals surface area contributed by atoms with E-state index in [1.54, 1.807) is 0 Å². The number of carbonyl (C=O) groups is 1. The quantitative estimate of drug-likeness (QED) is 0.447. The van der Waals surface area contributed by atoms with Crippen molar-refractivity contribution in [2.45, 2.75) is 37.5 Å². The van der Waals surface area contributed by atoms with Crippen LogP contribution in [0.4, 0.5) is 5.69 Å². The lowest BCUT2D eigenvalue weighted by atomic mass is 10.1. The predicted molar refractivity (Wildman–Crippen MR) is 122 cm³/mol. The third-order valence-corrected chi connectivity index (χ3v) is 6.26. The van der Waals surface area contributed by atoms with Crippen molar-refractivity contribution in [3.8, 4) is 6.07 Å². The molecule has 2 aromatic carbocycles. The van der Waals surface area contributed by atoms with Crippen molar-refractivity contribution in [1.29, 1.82) is 5.26 Å². The summed E-state index contributed by atoms with van der Waals surface area (Å²) in [6.45, 7) is 5.90. The minimum Gasteiger partial charge on any atom is -0.325 e. The van der Waals surface area contributed by atoms with Crippen molar-refractivity contribution in [3.05, 3.63) is 71.3 Å². The van der Waals surface area contributed by atoms with Crippen molar-refractivity contribution in [1.82, 2.24) is 9.38 Å². The summed E-state index contributed by atoms with van der Waals surface area (Å²) in [4.78, 5) is 17.5. The Bertz CT molecular complexity index is 1280. The molecular formula is C24H22N4OS. The van der Waals surface area contributed by atoms with E-state index < -0.39 is 0 Å². The zero-order valence-electron chi connectivity index (χ0n) is 17.1. The SMILES string of the molecule is CCc1ccc(NC(=O)[C@H](C)Sc2cc(C)c(C#N)c3nc4ccccc4n23)cc1. The summed E-state index contributed by atoms with van der Waals surface area (Å²) in [5.41, 5.74) is 5.82. The number of nitrogens with zero attached hydrogens (tertiary/aromatic N) is 3. The lowest BCUT2D eigenvalue weighted by molar-refractivity contribution is -0.115. The first kappa shape index (κ1) is 20.0. The number of hydrogen-bond donors (Lipinski definition) is 1. The molecular weight excluding hydrogens is 392 g/mol. The molecule has 2 aromatic heterocycles. The molecule has 30 heavy (non-hydrogen) atoms. The van der Waals surface area contributed by atoms with E-state index in [2.05, 4.69) is 23.3 Å². The summed E-state index contributed by atoms with van der Waals surface area (Å²) in [7, 11) is 0. The van der Waals surface area contributed by atoms with Crippen LogP contribution in [0, 0.1) is 18.3 Å². The van der Waals surface area contributed by atoms with Gasteiger partial charge in [0.2, 0.25) is 5.91 Å². The number of aryl methyl sites for hydroxylation is 2. The minimum atomic E-state index is -0.326. The van der Waals surface area contributed by atoms with Gasteiger partial charge in [0.25, 0.3) is 0 Å². The van der Waals surface area contributed by atoms with E-state index in [9.17, 15) is 10.1 Å². The van der Waals surface area contributed by atoms with Gasteiger partial charge in [-0.2, -0.15) is 5.26 Å². The normalized spacial score (nSPS) is 12.1. The van der Waals surface area contributed by atoms with Gasteiger partial charge in [-0.15, -0.1) is 0 Å². The summed E-state index contributed by atoms with van der Waals surface area (Å²) in [6.07, 6.45) is 0.966. The average Bonchev–Trinajstić information content (AvgIpc) is 3.14. The molecule has 0 bridgehead atoms. The molecule has 0 aliphatic rings. The lowest BCUT2D eigenvalue weighted by Gasteiger charge is -2.15. The number of nitriles is 1. The van der Waals surface area contributed by atoms with Gasteiger partial charge in [0, 0.05) is 5.69 Å². The third kappa shape index (κ3) is 3.64. The molecule has 4 rings (SSSR count). The molecule has 6 heteroatoms. The second kappa shape index (κ2) is 8.21. The zero-order chi connectivity index (χ0) is 21.3. The number of carbonyl (C=O) groups excluding carboxylic acids is 1. The van der Waals surface area contributed by atoms with E-state index in [-0.39, 0.29) is 11.2 Å². The third-order valence-electron chi connectivity index (χ3n) is 5.15. The molecule has 150 valence electrons. The van der Waals surface area contributed by atoms with E-state index in [1.165, 1.54) is 17.3 Å². The largest absolute Gasteiger partial charge is 0.325 e. The van der Waals surface area contributed by atoms with Crippen LogP contribution < -0.4 is 5.32 Å². The number of aromatic nitrogens is 2. The number of para-hydroxylation sites is 2. The number of anilines is 1. The summed E-state index contributed by atoms with van der Waals surface area (Å²) >= 11 is 1.46. The Balaban J connectivity index is 1.67. The number of fused-ring (bicyclic) bond motifs is 3. The van der Waals surface area contributed by atoms with Crippen molar-refractivity contribution < 1.29 is 4.79 Å². The molecule has 2 heterocycles. The first-order chi connectivity index (χ1) is 14.5. The van der Waals surface area contributed by atoms with E-state index >= 15 is 0 Å². The van der Waals surface area contributed by atoms with Gasteiger partial charge in [-0.1, -0.05) is 43.0 Å². The predicted octanol–water partition coefficient (Wildman–Crippen LogP) is 5.35. The minimum absolute atomic E-state index is 0.0659. The molecule has 5 nitrogen and oxygen atoms in total. The first-order valence-corrected chi connectivity index (χ1v) is 10.8. The second-order valence-corrected chi connectivity index (χ2v) is 8.57. The van der Waals surface area contributed by atoms with Crippen LogP contribution in [-0.4, -0.2) is 20.5 Å². The van der Waals surface area contributed by atoms with Crippen LogP contribution >= 0.6 is 11.8 Å². The van der Waals surface area contributed by atoms with Crippen LogP contribution in [0.3, 0.4) is 0 Å². The number of pyridine rings is 1. The first-order valence-electron chi connectivity index (χ1n) is 9.89. The molecule has 0 aliphatic heterocycles. The Labute approximate surface area is 179 Å². The molecule has 0 spiro atoms. The van der Waals surface area contributed by atoms with Crippen LogP contribution in [-0.2, 0) is 11.2 Å². The standard InChI is InChI=1S/C24H22N4OS/c1-4-17-9-11-18(12-10-17)26-24(29)16(3)30-22-13-15(2)19(14-25)23-27-20-7-5-6-8-21(20)28(22)23/h5-13,16H,4H2,1-3H3,(H,26,29)/t16-/m0/s1. The maximum Gasteiger partial charge on any atom is 0.237 e. The summed E-state index contributed by atoms with van der Waals surface area (Å²) in [6, 6.07) is 20.0. The highest BCUT2D eigenvalue weighted by molar-refractivity contribution is 8.00. The Morgan fingerprint density at radius 2 is 1.97 bits per heavy atom. The van der Waals surface area contributed by atoms with Gasteiger partial charge >= 0.3 is 0 Å². The number of amides is 1. The molecule has 1 atom stereocenters. The maximum atomic E-state index is 12.8. The molecule has 0 saturated carbocycles. The van der Waals surface area contributed by atoms with E-state index in [1.807, 2.05) is 72.8 Å². The number of hydrogen-bond acceptors (Lipinski definition) is 4. The Morgan fingerprint density at radius 3 is 2.67 bits per heavy atom. The fourth-order valence-corrected chi connectivity index (χ4v) is 4.51. The van der Waals surface area contributed by atoms with Gasteiger partial charge in [0.1, 0.15) is 6.07 Å². The lowest BCUT2D eigenvalue weighted by Crippen LogP contribution is -2.22. The van der Waals surface area contributed by atoms with Crippen LogP contribution in [0.5, 0.6) is 0 Å². The number of thioether (sulfide) groups is 1. The van der Waals surface area contributed by atoms with Crippen LogP contribution in [0.2, 0.25) is 0 Å². The number of benzene rings is 2. The van der Waals surface area contributed by atoms with Gasteiger partial charge < -0.3 is 5.32 Å². The van der Waals surface area contributed by atoms with E-state index in [4.69, 9.17) is 0 Å². The highest BCUT2D eigenvalue weighted by atomic mass is 32.2. The molecule has 1 amide bonds. The Morgan fingerprint density at radius 1 is 1.23 bits per heavy atom. The van der Waals surface area contributed by atoms with Crippen LogP contribution in [0.15, 0.2) is 59.6 Å². The van der Waals surface area contributed by atoms with Gasteiger partial charge in [0.15, 0.2) is 5.65 Å². The molecule has 0 fully saturated rings. The molecule has 1 N–H and O–H groups in total. The summed E-state index contributed by atoms with van der Waals surface area (Å²) in [5, 5.41) is 13.2. The monoisotopic (exact) mass is 414 g/mol. The Hall–Kier alpha value is -3.30. The van der Waals surface area contributed by atoms with Crippen LogP contribution in [0.25, 0.3) is 16.7 Å². The summed E-state index contributed by atoms with van der Waals surface area (Å²) < 4.78 is 1.98. The van der Waals surface area contributed by atoms with E-state index in [0.717, 1.165) is 33.7 Å². The average molecular weight is 415 g/mol. The zero-order valence-corrected chi connectivity index (χ0v) is 18.0. The second-order valence-electron chi connectivity index (χ2n) is 7.21. The van der Waals surface area contributed by atoms with Gasteiger partial charge in [0.05, 0.1) is 26.9 Å². The van der Waals surface area contributed by atoms with Gasteiger partial charge in [-0.05, 0) is 61.7 Å². The van der Waals surface area contributed by atoms with Crippen molar-refractivity contribution >= 4 is 40.0 Å². The molecule has 0 aliphatic carbocycles. The van der Waals surface area contributed by atoms with Crippen molar-refractivity contribution in [2.75, 3.05) is 5.32 Å². The van der Waals surface area contributed by atoms with Crippen molar-refractivity contribution in [2.24, 2.45) is 0 Å². The molecule has 0 radical (unpaired) electrons. The molecule has 0 unspecified atom stereocenters. The number of imidazole rings is 1. The van der Waals surface area contributed by atoms with Crippen LogP contribution in [0.1, 0.15) is 30.5 Å². The topological polar surface area (TPSA) is 70.2 Å². The Kier molecular flexibility index (Phi) is 5.47. The smallest absolute Gasteiger partial charge is 0.237 e. The van der Waals surface area contributed by atoms with E-state index in [0.29, 0.717) is 11.2 Å². The van der Waals surface area contributed by atoms with Gasteiger partial charge in [-0.3, -0.25) is 9.20 Å². The molecule has 4 aromatic rings. The fraction of sp³-hybridized carbons (Fsp3) is 0.208. The summed E-state index contributed by atoms with van der Waals surface area (Å²) in [5.74, 6) is -0.0659. The fourth-order valence-electron chi connectivity index (χ4n) is 3.44. The maximum absolute atomic E-state index is 12.8. The highest BCUT2D eigenvalue weighted by Gasteiger charge is 2.20. The van der Waals surface area contributed by atoms with Gasteiger partial charge in [-0.25, -0.2) is 4.98 Å². The number of rotatable bonds is 5. The highest BCUT2D eigenvalue weighted by Crippen LogP contribution is 2.31. The van der Waals surface area contributed by atoms with Crippen molar-refractivity contribution in [3.63, 3.8) is 0 Å². The molecule has 0 saturated heterocycles. The number of nitrogens with one attached hydrogen (secondary N) is 1.